The second kappa shape index (κ2) is 8.70. The smallest absolute Gasteiger partial charge is 0.344 e. The summed E-state index contributed by atoms with van der Waals surface area (Å²) < 4.78 is 38.4. The summed E-state index contributed by atoms with van der Waals surface area (Å²) in [4.78, 5) is 24.7. The molecule has 2 aromatic rings. The van der Waals surface area contributed by atoms with Crippen molar-refractivity contribution in [3.8, 4) is 0 Å². The summed E-state index contributed by atoms with van der Waals surface area (Å²) in [6.45, 7) is 3.50. The Morgan fingerprint density at radius 3 is 2.26 bits per heavy atom. The number of anilines is 1. The summed E-state index contributed by atoms with van der Waals surface area (Å²) in [7, 11) is 0. The molecule has 2 rings (SSSR count). The molecule has 0 aliphatic rings. The minimum Gasteiger partial charge on any atom is -0.344 e. The van der Waals surface area contributed by atoms with Crippen LogP contribution in [0.4, 0.5) is 18.9 Å². The maximum Gasteiger partial charge on any atom is 0.416 e. The molecule has 0 saturated carbocycles. The van der Waals surface area contributed by atoms with E-state index in [1.54, 1.807) is 26.0 Å². The van der Waals surface area contributed by atoms with E-state index in [2.05, 4.69) is 10.6 Å². The van der Waals surface area contributed by atoms with Crippen LogP contribution in [0.2, 0.25) is 0 Å². The molecule has 2 aromatic carbocycles. The molecule has 7 heteroatoms. The standard InChI is InChI=1S/C20H21F3N2O2/c1-13(2)18(25-17(26)11-14-7-4-3-5-8-14)19(27)24-16-10-6-9-15(12-16)20(21,22)23/h3-10,12-13,18H,11H2,1-2H3,(H,24,27)(H,25,26)/t18-/m1/s1. The summed E-state index contributed by atoms with van der Waals surface area (Å²) >= 11 is 0. The topological polar surface area (TPSA) is 58.2 Å². The molecule has 4 nitrogen and oxygen atoms in total. The number of alkyl halides is 3. The SMILES string of the molecule is CC(C)[C@@H](NC(=O)Cc1ccccc1)C(=O)Nc1cccc(C(F)(F)F)c1. The molecule has 0 radical (unpaired) electrons. The molecular formula is C20H21F3N2O2. The van der Waals surface area contributed by atoms with Crippen molar-refractivity contribution < 1.29 is 22.8 Å². The van der Waals surface area contributed by atoms with Crippen LogP contribution in [0.5, 0.6) is 0 Å². The molecular weight excluding hydrogens is 357 g/mol. The van der Waals surface area contributed by atoms with Crippen LogP contribution in [-0.2, 0) is 22.2 Å². The van der Waals surface area contributed by atoms with E-state index >= 15 is 0 Å². The number of amides is 2. The Kier molecular flexibility index (Phi) is 6.60. The van der Waals surface area contributed by atoms with Crippen LogP contribution in [-0.4, -0.2) is 17.9 Å². The van der Waals surface area contributed by atoms with Gasteiger partial charge in [-0.1, -0.05) is 50.2 Å². The maximum absolute atomic E-state index is 12.8. The molecule has 27 heavy (non-hydrogen) atoms. The van der Waals surface area contributed by atoms with Gasteiger partial charge in [-0.25, -0.2) is 0 Å². The second-order valence-electron chi connectivity index (χ2n) is 6.52. The Hall–Kier alpha value is -2.83. The van der Waals surface area contributed by atoms with Crippen LogP contribution in [0.3, 0.4) is 0 Å². The van der Waals surface area contributed by atoms with Crippen molar-refractivity contribution in [2.24, 2.45) is 5.92 Å². The monoisotopic (exact) mass is 378 g/mol. The third-order valence-electron chi connectivity index (χ3n) is 3.93. The summed E-state index contributed by atoms with van der Waals surface area (Å²) in [5.41, 5.74) is -0.0249. The zero-order chi connectivity index (χ0) is 20.0. The first-order valence-electron chi connectivity index (χ1n) is 8.48. The molecule has 0 unspecified atom stereocenters. The van der Waals surface area contributed by atoms with Crippen LogP contribution >= 0.6 is 0 Å². The van der Waals surface area contributed by atoms with Crippen LogP contribution in [0.1, 0.15) is 25.0 Å². The number of hydrogen-bond donors (Lipinski definition) is 2. The van der Waals surface area contributed by atoms with Gasteiger partial charge in [0.25, 0.3) is 0 Å². The van der Waals surface area contributed by atoms with Gasteiger partial charge in [-0.3, -0.25) is 9.59 Å². The van der Waals surface area contributed by atoms with Gasteiger partial charge >= 0.3 is 6.18 Å². The van der Waals surface area contributed by atoms with Crippen LogP contribution in [0.15, 0.2) is 54.6 Å². The summed E-state index contributed by atoms with van der Waals surface area (Å²) in [5, 5.41) is 5.11. The molecule has 1 atom stereocenters. The lowest BCUT2D eigenvalue weighted by atomic mass is 10.0. The lowest BCUT2D eigenvalue weighted by Crippen LogP contribution is -2.47. The first-order valence-corrected chi connectivity index (χ1v) is 8.48. The predicted octanol–water partition coefficient (Wildman–Crippen LogP) is 4.03. The van der Waals surface area contributed by atoms with Crippen molar-refractivity contribution in [3.05, 3.63) is 65.7 Å². The number of benzene rings is 2. The van der Waals surface area contributed by atoms with E-state index in [1.807, 2.05) is 18.2 Å². The molecule has 0 heterocycles. The van der Waals surface area contributed by atoms with Crippen molar-refractivity contribution in [1.82, 2.24) is 5.32 Å². The minimum absolute atomic E-state index is 0.0257. The molecule has 0 saturated heterocycles. The molecule has 2 amide bonds. The zero-order valence-electron chi connectivity index (χ0n) is 15.0. The van der Waals surface area contributed by atoms with Crippen molar-refractivity contribution in [1.29, 1.82) is 0 Å². The van der Waals surface area contributed by atoms with Gasteiger partial charge in [0.2, 0.25) is 11.8 Å². The largest absolute Gasteiger partial charge is 0.416 e. The highest BCUT2D eigenvalue weighted by Gasteiger charge is 2.31. The fraction of sp³-hybridized carbons (Fsp3) is 0.300. The second-order valence-corrected chi connectivity index (χ2v) is 6.52. The van der Waals surface area contributed by atoms with Crippen molar-refractivity contribution in [3.63, 3.8) is 0 Å². The van der Waals surface area contributed by atoms with Gasteiger partial charge in [-0.2, -0.15) is 13.2 Å². The van der Waals surface area contributed by atoms with E-state index in [1.165, 1.54) is 12.1 Å². The number of hydrogen-bond acceptors (Lipinski definition) is 2. The van der Waals surface area contributed by atoms with Crippen molar-refractivity contribution in [2.75, 3.05) is 5.32 Å². The van der Waals surface area contributed by atoms with Gasteiger partial charge in [0.15, 0.2) is 0 Å². The highest BCUT2D eigenvalue weighted by atomic mass is 19.4. The predicted molar refractivity (Wildman–Crippen MR) is 97.0 cm³/mol. The van der Waals surface area contributed by atoms with E-state index in [9.17, 15) is 22.8 Å². The summed E-state index contributed by atoms with van der Waals surface area (Å²) in [5.74, 6) is -1.14. The normalized spacial score (nSPS) is 12.5. The maximum atomic E-state index is 12.8. The van der Waals surface area contributed by atoms with Gasteiger partial charge < -0.3 is 10.6 Å². The first kappa shape index (κ1) is 20.5. The van der Waals surface area contributed by atoms with E-state index in [4.69, 9.17) is 0 Å². The van der Waals surface area contributed by atoms with E-state index in [0.717, 1.165) is 17.7 Å². The molecule has 2 N–H and O–H groups in total. The quantitative estimate of drug-likeness (QED) is 0.797. The fourth-order valence-electron chi connectivity index (χ4n) is 2.53. The van der Waals surface area contributed by atoms with E-state index in [-0.39, 0.29) is 23.9 Å². The zero-order valence-corrected chi connectivity index (χ0v) is 15.0. The van der Waals surface area contributed by atoms with Gasteiger partial charge in [-0.15, -0.1) is 0 Å². The third-order valence-corrected chi connectivity index (χ3v) is 3.93. The number of halogens is 3. The van der Waals surface area contributed by atoms with Gasteiger partial charge in [0.05, 0.1) is 12.0 Å². The average molecular weight is 378 g/mol. The number of carbonyl (C=O) groups excluding carboxylic acids is 2. The number of rotatable bonds is 6. The first-order chi connectivity index (χ1) is 12.7. The Balaban J connectivity index is 2.05. The molecule has 0 bridgehead atoms. The fourth-order valence-corrected chi connectivity index (χ4v) is 2.53. The Labute approximate surface area is 155 Å². The molecule has 0 spiro atoms. The van der Waals surface area contributed by atoms with E-state index < -0.39 is 23.7 Å². The van der Waals surface area contributed by atoms with Crippen molar-refractivity contribution >= 4 is 17.5 Å². The van der Waals surface area contributed by atoms with Gasteiger partial charge in [-0.05, 0) is 29.7 Å². The Bertz CT molecular complexity index is 789. The van der Waals surface area contributed by atoms with Crippen molar-refractivity contribution in [2.45, 2.75) is 32.5 Å². The van der Waals surface area contributed by atoms with Gasteiger partial charge in [0.1, 0.15) is 6.04 Å². The average Bonchev–Trinajstić information content (AvgIpc) is 2.59. The molecule has 0 aliphatic heterocycles. The Morgan fingerprint density at radius 1 is 1.00 bits per heavy atom. The van der Waals surface area contributed by atoms with Crippen LogP contribution in [0, 0.1) is 5.92 Å². The lowest BCUT2D eigenvalue weighted by molar-refractivity contribution is -0.137. The molecule has 0 fully saturated rings. The minimum atomic E-state index is -4.50. The highest BCUT2D eigenvalue weighted by molar-refractivity contribution is 5.97. The van der Waals surface area contributed by atoms with E-state index in [0.29, 0.717) is 0 Å². The number of nitrogens with one attached hydrogen (secondary N) is 2. The number of carbonyl (C=O) groups is 2. The van der Waals surface area contributed by atoms with Crippen LogP contribution < -0.4 is 10.6 Å². The molecule has 0 aromatic heterocycles. The molecule has 144 valence electrons. The lowest BCUT2D eigenvalue weighted by Gasteiger charge is -2.22. The summed E-state index contributed by atoms with van der Waals surface area (Å²) in [6.07, 6.45) is -4.39. The third kappa shape index (κ3) is 6.13. The molecule has 0 aliphatic carbocycles. The van der Waals surface area contributed by atoms with Gasteiger partial charge in [0, 0.05) is 5.69 Å². The summed E-state index contributed by atoms with van der Waals surface area (Å²) in [6, 6.07) is 12.6. The highest BCUT2D eigenvalue weighted by Crippen LogP contribution is 2.30. The Morgan fingerprint density at radius 2 is 1.67 bits per heavy atom. The van der Waals surface area contributed by atoms with Crippen LogP contribution in [0.25, 0.3) is 0 Å².